The molecule has 5 aromatic rings. The highest BCUT2D eigenvalue weighted by Crippen LogP contribution is 2.26. The van der Waals surface area contributed by atoms with Crippen molar-refractivity contribution in [3.63, 3.8) is 0 Å². The number of aromatic nitrogens is 5. The highest BCUT2D eigenvalue weighted by molar-refractivity contribution is 5.94. The van der Waals surface area contributed by atoms with Crippen LogP contribution in [0.3, 0.4) is 0 Å². The molecule has 0 fully saturated rings. The highest BCUT2D eigenvalue weighted by atomic mass is 16.1. The molecule has 7 nitrogen and oxygen atoms in total. The zero-order valence-corrected chi connectivity index (χ0v) is 18.7. The smallest absolute Gasteiger partial charge is 0.253 e. The first-order valence-electron chi connectivity index (χ1n) is 10.7. The molecule has 0 aliphatic rings. The van der Waals surface area contributed by atoms with Crippen LogP contribution in [-0.2, 0) is 19.1 Å². The predicted octanol–water partition coefficient (Wildman–Crippen LogP) is 4.60. The van der Waals surface area contributed by atoms with Gasteiger partial charge >= 0.3 is 0 Å². The van der Waals surface area contributed by atoms with Crippen LogP contribution in [0.1, 0.15) is 37.0 Å². The van der Waals surface area contributed by atoms with Crippen LogP contribution in [0.2, 0.25) is 0 Å². The Morgan fingerprint density at radius 2 is 1.81 bits per heavy atom. The summed E-state index contributed by atoms with van der Waals surface area (Å²) in [5.41, 5.74) is 5.55. The summed E-state index contributed by atoms with van der Waals surface area (Å²) >= 11 is 0. The van der Waals surface area contributed by atoms with E-state index in [1.165, 1.54) is 0 Å². The minimum Gasteiger partial charge on any atom is -0.348 e. The fourth-order valence-corrected chi connectivity index (χ4v) is 3.86. The summed E-state index contributed by atoms with van der Waals surface area (Å²) in [5.74, 6) is 0.610. The molecule has 3 heterocycles. The van der Waals surface area contributed by atoms with Crippen LogP contribution in [0.5, 0.6) is 0 Å². The predicted molar refractivity (Wildman–Crippen MR) is 126 cm³/mol. The molecule has 1 amide bonds. The number of imidazole rings is 1. The van der Waals surface area contributed by atoms with E-state index in [1.54, 1.807) is 0 Å². The molecular formula is C25H26N6O. The second-order valence-corrected chi connectivity index (χ2v) is 9.15. The number of carbonyl (C=O) groups excluding carboxylic acids is 1. The number of aryl methyl sites for hydroxylation is 1. The van der Waals surface area contributed by atoms with Gasteiger partial charge in [-0.3, -0.25) is 9.48 Å². The third-order valence-electron chi connectivity index (χ3n) is 5.63. The molecule has 3 aromatic heterocycles. The largest absolute Gasteiger partial charge is 0.348 e. The summed E-state index contributed by atoms with van der Waals surface area (Å²) in [6, 6.07) is 14.3. The number of H-pyrrole nitrogens is 1. The van der Waals surface area contributed by atoms with E-state index < -0.39 is 0 Å². The van der Waals surface area contributed by atoms with Gasteiger partial charge < -0.3 is 14.9 Å². The Morgan fingerprint density at radius 3 is 2.59 bits per heavy atom. The van der Waals surface area contributed by atoms with Crippen molar-refractivity contribution in [1.29, 1.82) is 0 Å². The summed E-state index contributed by atoms with van der Waals surface area (Å²) < 4.78 is 3.86. The van der Waals surface area contributed by atoms with Crippen molar-refractivity contribution in [1.82, 2.24) is 29.6 Å². The van der Waals surface area contributed by atoms with Crippen LogP contribution in [0.15, 0.2) is 61.1 Å². The summed E-state index contributed by atoms with van der Waals surface area (Å²) in [7, 11) is 1.93. The zero-order valence-electron chi connectivity index (χ0n) is 18.7. The van der Waals surface area contributed by atoms with Crippen molar-refractivity contribution < 1.29 is 4.79 Å². The average Bonchev–Trinajstić information content (AvgIpc) is 3.47. The second-order valence-electron chi connectivity index (χ2n) is 9.15. The van der Waals surface area contributed by atoms with Crippen molar-refractivity contribution in [2.75, 3.05) is 0 Å². The van der Waals surface area contributed by atoms with E-state index in [1.807, 2.05) is 47.0 Å². The first-order valence-corrected chi connectivity index (χ1v) is 10.7. The second kappa shape index (κ2) is 7.37. The molecule has 0 aliphatic carbocycles. The number of amides is 1. The number of hydrogen-bond donors (Lipinski definition) is 2. The molecule has 0 radical (unpaired) electrons. The van der Waals surface area contributed by atoms with Crippen molar-refractivity contribution in [2.45, 2.75) is 32.9 Å². The summed E-state index contributed by atoms with van der Waals surface area (Å²) in [6.07, 6.45) is 5.81. The van der Waals surface area contributed by atoms with Gasteiger partial charge in [0, 0.05) is 36.6 Å². The van der Waals surface area contributed by atoms with E-state index in [9.17, 15) is 4.79 Å². The van der Waals surface area contributed by atoms with E-state index in [4.69, 9.17) is 0 Å². The summed E-state index contributed by atoms with van der Waals surface area (Å²) in [4.78, 5) is 20.5. The summed E-state index contributed by atoms with van der Waals surface area (Å²) in [5, 5.41) is 8.57. The maximum absolute atomic E-state index is 12.5. The lowest BCUT2D eigenvalue weighted by Crippen LogP contribution is -2.24. The molecule has 5 rings (SSSR count). The van der Waals surface area contributed by atoms with E-state index in [-0.39, 0.29) is 11.4 Å². The number of benzene rings is 2. The molecule has 162 valence electrons. The minimum atomic E-state index is -0.113. The van der Waals surface area contributed by atoms with Gasteiger partial charge in [0.1, 0.15) is 5.82 Å². The van der Waals surface area contributed by atoms with Crippen molar-refractivity contribution in [3.8, 4) is 11.1 Å². The van der Waals surface area contributed by atoms with Crippen LogP contribution in [-0.4, -0.2) is 30.2 Å². The lowest BCUT2D eigenvalue weighted by atomic mass is 10.0. The van der Waals surface area contributed by atoms with Gasteiger partial charge in [0.15, 0.2) is 0 Å². The average molecular weight is 427 g/mol. The van der Waals surface area contributed by atoms with Crippen molar-refractivity contribution >= 4 is 27.8 Å². The maximum Gasteiger partial charge on any atom is 0.253 e. The monoisotopic (exact) mass is 426 g/mol. The fraction of sp³-hybridized carbons (Fsp3) is 0.240. The number of hydrogen-bond acceptors (Lipinski definition) is 3. The fourth-order valence-electron chi connectivity index (χ4n) is 3.86. The van der Waals surface area contributed by atoms with E-state index >= 15 is 0 Å². The normalized spacial score (nSPS) is 12.0. The summed E-state index contributed by atoms with van der Waals surface area (Å²) in [6.45, 7) is 6.65. The van der Waals surface area contributed by atoms with Gasteiger partial charge in [-0.05, 0) is 56.2 Å². The Hall–Kier alpha value is -3.87. The third kappa shape index (κ3) is 3.77. The first kappa shape index (κ1) is 20.1. The first-order chi connectivity index (χ1) is 15.3. The lowest BCUT2D eigenvalue weighted by molar-refractivity contribution is 0.0950. The Morgan fingerprint density at radius 1 is 1.03 bits per heavy atom. The molecular weight excluding hydrogens is 400 g/mol. The number of nitrogens with one attached hydrogen (secondary N) is 2. The maximum atomic E-state index is 12.5. The Bertz CT molecular complexity index is 1450. The molecule has 0 saturated carbocycles. The molecule has 2 aromatic carbocycles. The van der Waals surface area contributed by atoms with Gasteiger partial charge in [-0.25, -0.2) is 4.98 Å². The van der Waals surface area contributed by atoms with Crippen LogP contribution in [0.4, 0.5) is 0 Å². The highest BCUT2D eigenvalue weighted by Gasteiger charge is 2.15. The zero-order chi connectivity index (χ0) is 22.5. The molecule has 0 saturated heterocycles. The van der Waals surface area contributed by atoms with Crippen LogP contribution >= 0.6 is 0 Å². The van der Waals surface area contributed by atoms with Gasteiger partial charge in [0.05, 0.1) is 28.7 Å². The van der Waals surface area contributed by atoms with Crippen LogP contribution < -0.4 is 5.32 Å². The number of carbonyl (C=O) groups is 1. The molecule has 7 heteroatoms. The topological polar surface area (TPSA) is 80.5 Å². The van der Waals surface area contributed by atoms with Gasteiger partial charge in [-0.2, -0.15) is 5.10 Å². The van der Waals surface area contributed by atoms with E-state index in [0.717, 1.165) is 38.9 Å². The number of fused-ring (bicyclic) bond motifs is 2. The molecule has 0 spiro atoms. The SMILES string of the molecule is Cn1cc2ccc(-c3ccc4nc(CNC(=O)c5ccn(C(C)(C)C)c5)[nH]c4c3)cc2n1. The van der Waals surface area contributed by atoms with Gasteiger partial charge in [0.25, 0.3) is 5.91 Å². The number of aromatic amines is 1. The van der Waals surface area contributed by atoms with E-state index in [2.05, 4.69) is 71.5 Å². The Kier molecular flexibility index (Phi) is 4.62. The van der Waals surface area contributed by atoms with Gasteiger partial charge in [-0.15, -0.1) is 0 Å². The van der Waals surface area contributed by atoms with Gasteiger partial charge in [-0.1, -0.05) is 18.2 Å². The Labute approximate surface area is 186 Å². The van der Waals surface area contributed by atoms with Gasteiger partial charge in [0.2, 0.25) is 0 Å². The van der Waals surface area contributed by atoms with Crippen LogP contribution in [0.25, 0.3) is 33.1 Å². The molecule has 0 atom stereocenters. The molecule has 32 heavy (non-hydrogen) atoms. The third-order valence-corrected chi connectivity index (χ3v) is 5.63. The quantitative estimate of drug-likeness (QED) is 0.441. The van der Waals surface area contributed by atoms with Crippen molar-refractivity contribution in [2.24, 2.45) is 7.05 Å². The lowest BCUT2D eigenvalue weighted by Gasteiger charge is -2.20. The standard InChI is InChI=1S/C25H26N6O/c1-25(2,3)31-10-9-19(15-31)24(32)26-13-23-27-20-8-7-17(12-22(20)28-23)16-5-6-18-14-30(4)29-21(18)11-16/h5-12,14-15H,13H2,1-4H3,(H,26,32)(H,27,28). The number of rotatable bonds is 4. The van der Waals surface area contributed by atoms with Crippen LogP contribution in [0, 0.1) is 0 Å². The van der Waals surface area contributed by atoms with Crippen molar-refractivity contribution in [3.05, 3.63) is 72.4 Å². The van der Waals surface area contributed by atoms with E-state index in [0.29, 0.717) is 12.1 Å². The molecule has 0 bridgehead atoms. The minimum absolute atomic E-state index is 0.0594. The molecule has 2 N–H and O–H groups in total. The number of nitrogens with zero attached hydrogens (tertiary/aromatic N) is 4. The molecule has 0 unspecified atom stereocenters. The Balaban J connectivity index is 1.33. The molecule has 0 aliphatic heterocycles.